The van der Waals surface area contributed by atoms with Crippen molar-refractivity contribution in [3.05, 3.63) is 42.0 Å². The summed E-state index contributed by atoms with van der Waals surface area (Å²) in [4.78, 5) is 0. The van der Waals surface area contributed by atoms with Crippen molar-refractivity contribution in [3.63, 3.8) is 0 Å². The largest absolute Gasteiger partial charge is 0.496 e. The normalized spacial score (nSPS) is 12.6. The predicted molar refractivity (Wildman–Crippen MR) is 83.2 cm³/mol. The van der Waals surface area contributed by atoms with E-state index in [1.54, 1.807) is 14.2 Å². The Kier molecular flexibility index (Phi) is 5.39. The molecule has 3 heteroatoms. The van der Waals surface area contributed by atoms with Crippen LogP contribution in [0.15, 0.2) is 36.4 Å². The van der Waals surface area contributed by atoms with Crippen LogP contribution in [0.5, 0.6) is 5.75 Å². The first-order chi connectivity index (χ1) is 9.76. The van der Waals surface area contributed by atoms with Crippen LogP contribution in [0.3, 0.4) is 0 Å². The lowest BCUT2D eigenvalue weighted by atomic mass is 10.0. The summed E-state index contributed by atoms with van der Waals surface area (Å²) < 4.78 is 10.6. The lowest BCUT2D eigenvalue weighted by molar-refractivity contribution is 0.158. The molecule has 2 aromatic rings. The molecule has 108 valence electrons. The summed E-state index contributed by atoms with van der Waals surface area (Å²) in [6.45, 7) is 4.78. The molecule has 0 heterocycles. The third-order valence-corrected chi connectivity index (χ3v) is 3.45. The minimum absolute atomic E-state index is 0.518. The van der Waals surface area contributed by atoms with Crippen LogP contribution in [-0.2, 0) is 11.3 Å². The Morgan fingerprint density at radius 1 is 1.05 bits per heavy atom. The highest BCUT2D eigenvalue weighted by molar-refractivity contribution is 5.91. The van der Waals surface area contributed by atoms with Gasteiger partial charge in [0.1, 0.15) is 5.75 Å². The second kappa shape index (κ2) is 7.27. The molecule has 0 spiro atoms. The van der Waals surface area contributed by atoms with Gasteiger partial charge < -0.3 is 14.8 Å². The SMILES string of the molecule is COCC(C)CNCc1ccc(OC)c2ccccc12. The third-order valence-electron chi connectivity index (χ3n) is 3.45. The second-order valence-electron chi connectivity index (χ2n) is 5.16. The summed E-state index contributed by atoms with van der Waals surface area (Å²) in [5.74, 6) is 1.45. The number of benzene rings is 2. The molecule has 0 amide bonds. The van der Waals surface area contributed by atoms with Gasteiger partial charge >= 0.3 is 0 Å². The Balaban J connectivity index is 2.11. The highest BCUT2D eigenvalue weighted by Crippen LogP contribution is 2.28. The predicted octanol–water partition coefficient (Wildman–Crippen LogP) is 3.22. The fourth-order valence-electron chi connectivity index (χ4n) is 2.46. The van der Waals surface area contributed by atoms with Gasteiger partial charge in [-0.1, -0.05) is 37.3 Å². The first-order valence-electron chi connectivity index (χ1n) is 7.00. The highest BCUT2D eigenvalue weighted by atomic mass is 16.5. The van der Waals surface area contributed by atoms with Crippen LogP contribution in [0.4, 0.5) is 0 Å². The Bertz CT molecular complexity index is 554. The van der Waals surface area contributed by atoms with Crippen LogP contribution in [0.1, 0.15) is 12.5 Å². The van der Waals surface area contributed by atoms with E-state index in [9.17, 15) is 0 Å². The third kappa shape index (κ3) is 3.50. The highest BCUT2D eigenvalue weighted by Gasteiger charge is 2.06. The number of methoxy groups -OCH3 is 2. The van der Waals surface area contributed by atoms with Crippen LogP contribution in [-0.4, -0.2) is 27.4 Å². The van der Waals surface area contributed by atoms with Crippen molar-refractivity contribution in [2.75, 3.05) is 27.4 Å². The van der Waals surface area contributed by atoms with Crippen LogP contribution < -0.4 is 10.1 Å². The number of hydrogen-bond donors (Lipinski definition) is 1. The fraction of sp³-hybridized carbons (Fsp3) is 0.412. The Morgan fingerprint density at radius 2 is 1.80 bits per heavy atom. The standard InChI is InChI=1S/C17H23NO2/c1-13(12-19-2)10-18-11-14-8-9-17(20-3)16-7-5-4-6-15(14)16/h4-9,13,18H,10-12H2,1-3H3. The summed E-state index contributed by atoms with van der Waals surface area (Å²) in [7, 11) is 3.46. The van der Waals surface area contributed by atoms with Gasteiger partial charge in [0.15, 0.2) is 0 Å². The van der Waals surface area contributed by atoms with Crippen LogP contribution >= 0.6 is 0 Å². The van der Waals surface area contributed by atoms with Gasteiger partial charge in [-0.05, 0) is 22.9 Å². The fourth-order valence-corrected chi connectivity index (χ4v) is 2.46. The van der Waals surface area contributed by atoms with E-state index in [-0.39, 0.29) is 0 Å². The van der Waals surface area contributed by atoms with E-state index in [0.717, 1.165) is 25.4 Å². The van der Waals surface area contributed by atoms with Gasteiger partial charge in [0.25, 0.3) is 0 Å². The molecule has 0 aliphatic rings. The smallest absolute Gasteiger partial charge is 0.126 e. The average Bonchev–Trinajstić information content (AvgIpc) is 2.47. The summed E-state index contributed by atoms with van der Waals surface area (Å²) in [5.41, 5.74) is 1.30. The summed E-state index contributed by atoms with van der Waals surface area (Å²) in [6.07, 6.45) is 0. The zero-order chi connectivity index (χ0) is 14.4. The number of ether oxygens (including phenoxy) is 2. The van der Waals surface area contributed by atoms with E-state index in [2.05, 4.69) is 36.5 Å². The molecule has 1 unspecified atom stereocenters. The molecule has 1 atom stereocenters. The Morgan fingerprint density at radius 3 is 2.50 bits per heavy atom. The first kappa shape index (κ1) is 14.8. The molecule has 0 saturated heterocycles. The van der Waals surface area contributed by atoms with Crippen LogP contribution in [0, 0.1) is 5.92 Å². The van der Waals surface area contributed by atoms with Crippen LogP contribution in [0.25, 0.3) is 10.8 Å². The van der Waals surface area contributed by atoms with Gasteiger partial charge in [-0.25, -0.2) is 0 Å². The van der Waals surface area contributed by atoms with Crippen molar-refractivity contribution < 1.29 is 9.47 Å². The molecule has 0 aliphatic carbocycles. The summed E-state index contributed by atoms with van der Waals surface area (Å²) in [5, 5.41) is 5.91. The minimum atomic E-state index is 0.518. The number of hydrogen-bond acceptors (Lipinski definition) is 3. The van der Waals surface area contributed by atoms with Crippen molar-refractivity contribution in [1.29, 1.82) is 0 Å². The van der Waals surface area contributed by atoms with E-state index in [0.29, 0.717) is 5.92 Å². The van der Waals surface area contributed by atoms with Gasteiger partial charge in [0, 0.05) is 32.2 Å². The second-order valence-corrected chi connectivity index (χ2v) is 5.16. The molecule has 0 aromatic heterocycles. The number of rotatable bonds is 7. The van der Waals surface area contributed by atoms with E-state index in [4.69, 9.17) is 9.47 Å². The monoisotopic (exact) mass is 273 g/mol. The molecule has 20 heavy (non-hydrogen) atoms. The maximum atomic E-state index is 5.42. The molecule has 0 fully saturated rings. The maximum absolute atomic E-state index is 5.42. The Hall–Kier alpha value is -1.58. The van der Waals surface area contributed by atoms with Gasteiger partial charge in [-0.2, -0.15) is 0 Å². The van der Waals surface area contributed by atoms with Crippen molar-refractivity contribution in [3.8, 4) is 5.75 Å². The van der Waals surface area contributed by atoms with Crippen molar-refractivity contribution in [2.45, 2.75) is 13.5 Å². The molecular weight excluding hydrogens is 250 g/mol. The van der Waals surface area contributed by atoms with E-state index in [1.165, 1.54) is 16.3 Å². The zero-order valence-corrected chi connectivity index (χ0v) is 12.5. The lowest BCUT2D eigenvalue weighted by Crippen LogP contribution is -2.23. The zero-order valence-electron chi connectivity index (χ0n) is 12.5. The van der Waals surface area contributed by atoms with E-state index >= 15 is 0 Å². The van der Waals surface area contributed by atoms with Crippen molar-refractivity contribution >= 4 is 10.8 Å². The molecule has 2 rings (SSSR count). The molecular formula is C17H23NO2. The summed E-state index contributed by atoms with van der Waals surface area (Å²) in [6, 6.07) is 12.5. The first-order valence-corrected chi connectivity index (χ1v) is 7.00. The molecule has 0 saturated carbocycles. The number of nitrogens with one attached hydrogen (secondary N) is 1. The van der Waals surface area contributed by atoms with Crippen molar-refractivity contribution in [2.24, 2.45) is 5.92 Å². The molecule has 0 radical (unpaired) electrons. The summed E-state index contributed by atoms with van der Waals surface area (Å²) >= 11 is 0. The topological polar surface area (TPSA) is 30.5 Å². The molecule has 2 aromatic carbocycles. The van der Waals surface area contributed by atoms with Gasteiger partial charge in [0.05, 0.1) is 7.11 Å². The van der Waals surface area contributed by atoms with E-state index in [1.807, 2.05) is 12.1 Å². The quantitative estimate of drug-likeness (QED) is 0.840. The molecule has 0 aliphatic heterocycles. The van der Waals surface area contributed by atoms with Crippen LogP contribution in [0.2, 0.25) is 0 Å². The molecule has 1 N–H and O–H groups in total. The van der Waals surface area contributed by atoms with E-state index < -0.39 is 0 Å². The lowest BCUT2D eigenvalue weighted by Gasteiger charge is -2.14. The minimum Gasteiger partial charge on any atom is -0.496 e. The number of fused-ring (bicyclic) bond motifs is 1. The van der Waals surface area contributed by atoms with Gasteiger partial charge in [-0.3, -0.25) is 0 Å². The Labute approximate surface area is 120 Å². The van der Waals surface area contributed by atoms with Gasteiger partial charge in [0.2, 0.25) is 0 Å². The average molecular weight is 273 g/mol. The molecule has 0 bridgehead atoms. The molecule has 3 nitrogen and oxygen atoms in total. The maximum Gasteiger partial charge on any atom is 0.126 e. The van der Waals surface area contributed by atoms with Gasteiger partial charge in [-0.15, -0.1) is 0 Å². The van der Waals surface area contributed by atoms with Crippen molar-refractivity contribution in [1.82, 2.24) is 5.32 Å².